The van der Waals surface area contributed by atoms with Crippen molar-refractivity contribution in [3.8, 4) is 0 Å². The Morgan fingerprint density at radius 2 is 2.00 bits per heavy atom. The van der Waals surface area contributed by atoms with Crippen LogP contribution in [-0.2, 0) is 9.53 Å². The summed E-state index contributed by atoms with van der Waals surface area (Å²) in [5.41, 5.74) is -1.18. The molecule has 0 aromatic rings. The van der Waals surface area contributed by atoms with E-state index in [-0.39, 0.29) is 19.1 Å². The number of ether oxygens (including phenoxy) is 1. The van der Waals surface area contributed by atoms with Crippen LogP contribution in [-0.4, -0.2) is 35.5 Å². The van der Waals surface area contributed by atoms with Crippen molar-refractivity contribution >= 4 is 5.97 Å². The molecule has 4 heteroatoms. The molecule has 1 saturated carbocycles. The van der Waals surface area contributed by atoms with E-state index in [4.69, 9.17) is 4.74 Å². The second-order valence-electron chi connectivity index (χ2n) is 5.14. The molecule has 0 bridgehead atoms. The number of aliphatic hydroxyl groups is 2. The standard InChI is InChI=1S/C13H24O4/c1-3-17-12(16)13(2,9-14)11(15)10-7-5-4-6-8-10/h10-11,14-15H,3-9H2,1-2H3. The average Bonchev–Trinajstić information content (AvgIpc) is 2.38. The largest absolute Gasteiger partial charge is 0.465 e. The lowest BCUT2D eigenvalue weighted by molar-refractivity contribution is -0.169. The highest BCUT2D eigenvalue weighted by molar-refractivity contribution is 5.77. The SMILES string of the molecule is CCOC(=O)C(C)(CO)C(O)C1CCCCC1. The summed E-state index contributed by atoms with van der Waals surface area (Å²) in [4.78, 5) is 11.8. The lowest BCUT2D eigenvalue weighted by Gasteiger charge is -2.37. The fraction of sp³-hybridized carbons (Fsp3) is 0.923. The van der Waals surface area contributed by atoms with Gasteiger partial charge in [0.2, 0.25) is 0 Å². The van der Waals surface area contributed by atoms with Gasteiger partial charge in [-0.1, -0.05) is 19.3 Å². The maximum Gasteiger partial charge on any atom is 0.316 e. The Hall–Kier alpha value is -0.610. The minimum absolute atomic E-state index is 0.102. The Morgan fingerprint density at radius 3 is 2.47 bits per heavy atom. The minimum Gasteiger partial charge on any atom is -0.465 e. The first-order valence-corrected chi connectivity index (χ1v) is 6.52. The molecular weight excluding hydrogens is 220 g/mol. The third-order valence-corrected chi connectivity index (χ3v) is 3.82. The van der Waals surface area contributed by atoms with Gasteiger partial charge in [0.1, 0.15) is 5.41 Å². The molecule has 100 valence electrons. The van der Waals surface area contributed by atoms with E-state index in [2.05, 4.69) is 0 Å². The molecule has 2 N–H and O–H groups in total. The Kier molecular flexibility index (Phi) is 5.40. The van der Waals surface area contributed by atoms with E-state index in [0.29, 0.717) is 0 Å². The predicted molar refractivity (Wildman–Crippen MR) is 64.4 cm³/mol. The zero-order valence-electron chi connectivity index (χ0n) is 10.8. The summed E-state index contributed by atoms with van der Waals surface area (Å²) in [6, 6.07) is 0. The van der Waals surface area contributed by atoms with Crippen LogP contribution in [0.5, 0.6) is 0 Å². The average molecular weight is 244 g/mol. The van der Waals surface area contributed by atoms with Crippen molar-refractivity contribution < 1.29 is 19.7 Å². The van der Waals surface area contributed by atoms with Gasteiger partial charge in [-0.25, -0.2) is 0 Å². The lowest BCUT2D eigenvalue weighted by atomic mass is 9.73. The summed E-state index contributed by atoms with van der Waals surface area (Å²) >= 11 is 0. The highest BCUT2D eigenvalue weighted by Crippen LogP contribution is 2.35. The molecule has 0 amide bonds. The predicted octanol–water partition coefficient (Wildman–Crippen LogP) is 1.49. The molecule has 0 radical (unpaired) electrons. The summed E-state index contributed by atoms with van der Waals surface area (Å²) in [5, 5.41) is 19.8. The molecule has 0 aromatic heterocycles. The van der Waals surface area contributed by atoms with Crippen LogP contribution < -0.4 is 0 Å². The van der Waals surface area contributed by atoms with Crippen molar-refractivity contribution in [3.05, 3.63) is 0 Å². The van der Waals surface area contributed by atoms with Crippen LogP contribution in [0, 0.1) is 11.3 Å². The van der Waals surface area contributed by atoms with Gasteiger partial charge in [0.05, 0.1) is 19.3 Å². The topological polar surface area (TPSA) is 66.8 Å². The van der Waals surface area contributed by atoms with Gasteiger partial charge in [0, 0.05) is 0 Å². The van der Waals surface area contributed by atoms with Crippen LogP contribution in [0.25, 0.3) is 0 Å². The molecule has 2 atom stereocenters. The highest BCUT2D eigenvalue weighted by atomic mass is 16.5. The van der Waals surface area contributed by atoms with Gasteiger partial charge >= 0.3 is 5.97 Å². The molecule has 0 heterocycles. The lowest BCUT2D eigenvalue weighted by Crippen LogP contribution is -2.48. The van der Waals surface area contributed by atoms with Crippen LogP contribution in [0.3, 0.4) is 0 Å². The fourth-order valence-electron chi connectivity index (χ4n) is 2.54. The molecular formula is C13H24O4. The van der Waals surface area contributed by atoms with Crippen LogP contribution in [0.15, 0.2) is 0 Å². The second-order valence-corrected chi connectivity index (χ2v) is 5.14. The van der Waals surface area contributed by atoms with Gasteiger partial charge in [0.25, 0.3) is 0 Å². The summed E-state index contributed by atoms with van der Waals surface area (Å²) in [6.07, 6.45) is 4.41. The number of hydrogen-bond acceptors (Lipinski definition) is 4. The minimum atomic E-state index is -1.18. The van der Waals surface area contributed by atoms with Gasteiger partial charge in [-0.3, -0.25) is 4.79 Å². The second kappa shape index (κ2) is 6.36. The Labute approximate surface area is 103 Å². The fourth-order valence-corrected chi connectivity index (χ4v) is 2.54. The first-order valence-electron chi connectivity index (χ1n) is 6.52. The van der Waals surface area contributed by atoms with E-state index >= 15 is 0 Å². The van der Waals surface area contributed by atoms with Crippen LogP contribution >= 0.6 is 0 Å². The van der Waals surface area contributed by atoms with Crippen molar-refractivity contribution in [2.24, 2.45) is 11.3 Å². The Bertz CT molecular complexity index is 248. The highest BCUT2D eigenvalue weighted by Gasteiger charge is 2.45. The first-order chi connectivity index (χ1) is 8.06. The molecule has 0 aromatic carbocycles. The van der Waals surface area contributed by atoms with Crippen LogP contribution in [0.1, 0.15) is 46.0 Å². The number of aliphatic hydroxyl groups excluding tert-OH is 2. The van der Waals surface area contributed by atoms with Crippen molar-refractivity contribution in [2.45, 2.75) is 52.1 Å². The number of carbonyl (C=O) groups is 1. The van der Waals surface area contributed by atoms with E-state index in [0.717, 1.165) is 25.7 Å². The summed E-state index contributed by atoms with van der Waals surface area (Å²) in [7, 11) is 0. The van der Waals surface area contributed by atoms with E-state index in [1.54, 1.807) is 13.8 Å². The summed E-state index contributed by atoms with van der Waals surface area (Å²) < 4.78 is 4.95. The van der Waals surface area contributed by atoms with Crippen LogP contribution in [0.2, 0.25) is 0 Å². The van der Waals surface area contributed by atoms with E-state index in [1.165, 1.54) is 6.42 Å². The molecule has 0 spiro atoms. The van der Waals surface area contributed by atoms with E-state index in [9.17, 15) is 15.0 Å². The maximum absolute atomic E-state index is 11.8. The summed E-state index contributed by atoms with van der Waals surface area (Å²) in [5.74, 6) is -0.397. The monoisotopic (exact) mass is 244 g/mol. The number of hydrogen-bond donors (Lipinski definition) is 2. The van der Waals surface area contributed by atoms with Crippen molar-refractivity contribution in [1.82, 2.24) is 0 Å². The first kappa shape index (κ1) is 14.5. The molecule has 1 rings (SSSR count). The smallest absolute Gasteiger partial charge is 0.316 e. The molecule has 17 heavy (non-hydrogen) atoms. The number of rotatable bonds is 5. The molecule has 1 aliphatic carbocycles. The quantitative estimate of drug-likeness (QED) is 0.719. The molecule has 0 saturated heterocycles. The van der Waals surface area contributed by atoms with Crippen molar-refractivity contribution in [2.75, 3.05) is 13.2 Å². The number of carbonyl (C=O) groups excluding carboxylic acids is 1. The summed E-state index contributed by atoms with van der Waals surface area (Å²) in [6.45, 7) is 3.21. The molecule has 2 unspecified atom stereocenters. The molecule has 4 nitrogen and oxygen atoms in total. The zero-order chi connectivity index (χ0) is 12.9. The Morgan fingerprint density at radius 1 is 1.41 bits per heavy atom. The third kappa shape index (κ3) is 3.19. The molecule has 1 aliphatic rings. The van der Waals surface area contributed by atoms with Gasteiger partial charge < -0.3 is 14.9 Å². The van der Waals surface area contributed by atoms with Gasteiger partial charge in [-0.15, -0.1) is 0 Å². The van der Waals surface area contributed by atoms with Gasteiger partial charge in [0.15, 0.2) is 0 Å². The maximum atomic E-state index is 11.8. The Balaban J connectivity index is 2.72. The molecule has 0 aliphatic heterocycles. The molecule has 1 fully saturated rings. The van der Waals surface area contributed by atoms with Gasteiger partial charge in [-0.05, 0) is 32.6 Å². The van der Waals surface area contributed by atoms with Gasteiger partial charge in [-0.2, -0.15) is 0 Å². The van der Waals surface area contributed by atoms with E-state index in [1.807, 2.05) is 0 Å². The van der Waals surface area contributed by atoms with Crippen molar-refractivity contribution in [3.63, 3.8) is 0 Å². The number of esters is 1. The normalized spacial score (nSPS) is 22.8. The van der Waals surface area contributed by atoms with E-state index < -0.39 is 17.5 Å². The third-order valence-electron chi connectivity index (χ3n) is 3.82. The van der Waals surface area contributed by atoms with Crippen molar-refractivity contribution in [1.29, 1.82) is 0 Å². The zero-order valence-corrected chi connectivity index (χ0v) is 10.8. The van der Waals surface area contributed by atoms with Crippen LogP contribution in [0.4, 0.5) is 0 Å².